The highest BCUT2D eigenvalue weighted by atomic mass is 32.1. The van der Waals surface area contributed by atoms with E-state index in [-0.39, 0.29) is 0 Å². The highest BCUT2D eigenvalue weighted by molar-refractivity contribution is 7.18. The molecule has 0 bridgehead atoms. The molecule has 6 nitrogen and oxygen atoms in total. The molecule has 0 aliphatic carbocycles. The first-order chi connectivity index (χ1) is 12.6. The lowest BCUT2D eigenvalue weighted by atomic mass is 10.2. The fourth-order valence-electron chi connectivity index (χ4n) is 2.66. The molecule has 2 aromatic carbocycles. The fraction of sp³-hybridized carbons (Fsp3) is 0.105. The number of rotatable bonds is 4. The van der Waals surface area contributed by atoms with Crippen LogP contribution in [0.2, 0.25) is 0 Å². The average molecular weight is 365 g/mol. The van der Waals surface area contributed by atoms with Gasteiger partial charge in [-0.3, -0.25) is 0 Å². The summed E-state index contributed by atoms with van der Waals surface area (Å²) < 4.78 is 10.7. The number of nitrogens with one attached hydrogen (secondary N) is 1. The number of nitrogens with zero attached hydrogens (tertiary/aromatic N) is 2. The van der Waals surface area contributed by atoms with Crippen LogP contribution in [0.15, 0.2) is 57.7 Å². The third-order valence-electron chi connectivity index (χ3n) is 3.87. The quantitative estimate of drug-likeness (QED) is 0.541. The maximum absolute atomic E-state index is 12.4. The van der Waals surface area contributed by atoms with Gasteiger partial charge in [-0.2, -0.15) is 0 Å². The van der Waals surface area contributed by atoms with Crippen molar-refractivity contribution in [3.63, 3.8) is 0 Å². The smallest absolute Gasteiger partial charge is 0.346 e. The normalized spacial score (nSPS) is 10.8. The summed E-state index contributed by atoms with van der Waals surface area (Å²) in [7, 11) is 1.54. The van der Waals surface area contributed by atoms with Crippen molar-refractivity contribution >= 4 is 33.1 Å². The van der Waals surface area contributed by atoms with E-state index in [1.165, 1.54) is 18.4 Å². The van der Waals surface area contributed by atoms with E-state index in [0.717, 1.165) is 16.6 Å². The van der Waals surface area contributed by atoms with Gasteiger partial charge in [-0.05, 0) is 36.8 Å². The Bertz CT molecular complexity index is 1150. The molecule has 7 heteroatoms. The molecule has 26 heavy (non-hydrogen) atoms. The summed E-state index contributed by atoms with van der Waals surface area (Å²) in [5.41, 5.74) is 2.39. The van der Waals surface area contributed by atoms with E-state index in [9.17, 15) is 4.79 Å². The van der Waals surface area contributed by atoms with Gasteiger partial charge in [0.05, 0.1) is 12.7 Å². The van der Waals surface area contributed by atoms with Crippen LogP contribution in [0, 0.1) is 6.92 Å². The van der Waals surface area contributed by atoms with Crippen LogP contribution in [0.25, 0.3) is 21.5 Å². The summed E-state index contributed by atoms with van der Waals surface area (Å²) in [4.78, 5) is 12.4. The van der Waals surface area contributed by atoms with E-state index >= 15 is 0 Å². The monoisotopic (exact) mass is 365 g/mol. The predicted molar refractivity (Wildman–Crippen MR) is 102 cm³/mol. The summed E-state index contributed by atoms with van der Waals surface area (Å²) in [5, 5.41) is 13.3. The number of ether oxygens (including phenoxy) is 1. The van der Waals surface area contributed by atoms with Crippen LogP contribution in [0.4, 0.5) is 10.8 Å². The van der Waals surface area contributed by atoms with Gasteiger partial charge in [0, 0.05) is 11.1 Å². The van der Waals surface area contributed by atoms with Crippen molar-refractivity contribution in [3.8, 4) is 16.3 Å². The lowest BCUT2D eigenvalue weighted by molar-refractivity contribution is 0.407. The number of aryl methyl sites for hydroxylation is 1. The lowest BCUT2D eigenvalue weighted by Crippen LogP contribution is -2.03. The van der Waals surface area contributed by atoms with Crippen molar-refractivity contribution in [2.75, 3.05) is 12.4 Å². The number of hydrogen-bond acceptors (Lipinski definition) is 7. The first kappa shape index (κ1) is 16.3. The van der Waals surface area contributed by atoms with Crippen LogP contribution in [-0.4, -0.2) is 17.3 Å². The Labute approximate surface area is 153 Å². The van der Waals surface area contributed by atoms with Crippen LogP contribution >= 0.6 is 11.3 Å². The zero-order valence-electron chi connectivity index (χ0n) is 14.1. The number of fused-ring (bicyclic) bond motifs is 1. The topological polar surface area (TPSA) is 77.3 Å². The van der Waals surface area contributed by atoms with Crippen LogP contribution in [-0.2, 0) is 0 Å². The van der Waals surface area contributed by atoms with Crippen molar-refractivity contribution in [1.29, 1.82) is 0 Å². The maximum Gasteiger partial charge on any atom is 0.346 e. The van der Waals surface area contributed by atoms with E-state index in [0.29, 0.717) is 27.0 Å². The number of para-hydroxylation sites is 1. The third kappa shape index (κ3) is 3.04. The number of benzene rings is 2. The highest BCUT2D eigenvalue weighted by Crippen LogP contribution is 2.30. The van der Waals surface area contributed by atoms with Crippen molar-refractivity contribution in [3.05, 3.63) is 64.5 Å². The van der Waals surface area contributed by atoms with Crippen LogP contribution < -0.4 is 15.7 Å². The molecule has 0 spiro atoms. The summed E-state index contributed by atoms with van der Waals surface area (Å²) in [6, 6.07) is 15.1. The first-order valence-electron chi connectivity index (χ1n) is 7.92. The Morgan fingerprint density at radius 1 is 1.12 bits per heavy atom. The number of aromatic nitrogens is 2. The van der Waals surface area contributed by atoms with Crippen LogP contribution in [0.1, 0.15) is 5.56 Å². The second-order valence-corrected chi connectivity index (χ2v) is 6.71. The van der Waals surface area contributed by atoms with Crippen LogP contribution in [0.3, 0.4) is 0 Å². The zero-order chi connectivity index (χ0) is 18.1. The summed E-state index contributed by atoms with van der Waals surface area (Å²) in [6.07, 6.45) is 0. The number of methoxy groups -OCH3 is 1. The summed E-state index contributed by atoms with van der Waals surface area (Å²) >= 11 is 1.29. The molecule has 0 saturated heterocycles. The third-order valence-corrected chi connectivity index (χ3v) is 4.74. The van der Waals surface area contributed by atoms with Gasteiger partial charge in [0.2, 0.25) is 5.13 Å². The van der Waals surface area contributed by atoms with E-state index in [1.54, 1.807) is 12.1 Å². The Balaban J connectivity index is 1.71. The van der Waals surface area contributed by atoms with Crippen molar-refractivity contribution < 1.29 is 9.15 Å². The maximum atomic E-state index is 12.4. The molecule has 4 rings (SSSR count). The molecule has 2 heterocycles. The molecule has 0 aliphatic heterocycles. The first-order valence-corrected chi connectivity index (χ1v) is 8.74. The second-order valence-electron chi connectivity index (χ2n) is 5.73. The molecule has 0 atom stereocenters. The minimum Gasteiger partial charge on any atom is -0.493 e. The Hall–Kier alpha value is -3.19. The zero-order valence-corrected chi connectivity index (χ0v) is 15.0. The average Bonchev–Trinajstić information content (AvgIpc) is 3.09. The van der Waals surface area contributed by atoms with Gasteiger partial charge in [0.1, 0.15) is 0 Å². The molecule has 0 radical (unpaired) electrons. The van der Waals surface area contributed by atoms with Gasteiger partial charge in [-0.15, -0.1) is 10.2 Å². The van der Waals surface area contributed by atoms with Gasteiger partial charge in [0.25, 0.3) is 0 Å². The van der Waals surface area contributed by atoms with Gasteiger partial charge >= 0.3 is 5.63 Å². The SMILES string of the molecule is COc1cccc2cc(-c3nnc(Nc4cccc(C)c4)s3)c(=O)oc12. The summed E-state index contributed by atoms with van der Waals surface area (Å²) in [6.45, 7) is 2.02. The molecule has 4 aromatic rings. The molecule has 1 N–H and O–H groups in total. The van der Waals surface area contributed by atoms with E-state index < -0.39 is 5.63 Å². The standard InChI is InChI=1S/C19H15N3O3S/c1-11-5-3-7-13(9-11)20-19-22-21-17(26-19)14-10-12-6-4-8-15(24-2)16(12)25-18(14)23/h3-10H,1-2H3,(H,20,22). The van der Waals surface area contributed by atoms with Crippen LogP contribution in [0.5, 0.6) is 5.75 Å². The molecular weight excluding hydrogens is 350 g/mol. The Kier molecular flexibility index (Phi) is 4.14. The number of anilines is 2. The highest BCUT2D eigenvalue weighted by Gasteiger charge is 2.15. The lowest BCUT2D eigenvalue weighted by Gasteiger charge is -2.04. The van der Waals surface area contributed by atoms with Gasteiger partial charge < -0.3 is 14.5 Å². The molecular formula is C19H15N3O3S. The minimum absolute atomic E-state index is 0.376. The molecule has 0 amide bonds. The van der Waals surface area contributed by atoms with E-state index in [1.807, 2.05) is 43.3 Å². The molecule has 0 saturated carbocycles. The fourth-order valence-corrected chi connectivity index (χ4v) is 3.42. The molecule has 0 fully saturated rings. The molecule has 130 valence electrons. The molecule has 2 aromatic heterocycles. The Morgan fingerprint density at radius 3 is 2.77 bits per heavy atom. The van der Waals surface area contributed by atoms with Crippen molar-refractivity contribution in [2.24, 2.45) is 0 Å². The van der Waals surface area contributed by atoms with Gasteiger partial charge in [-0.25, -0.2) is 4.79 Å². The largest absolute Gasteiger partial charge is 0.493 e. The molecule has 0 aliphatic rings. The Morgan fingerprint density at radius 2 is 1.96 bits per heavy atom. The van der Waals surface area contributed by atoms with Gasteiger partial charge in [-0.1, -0.05) is 35.6 Å². The van der Waals surface area contributed by atoms with E-state index in [4.69, 9.17) is 9.15 Å². The van der Waals surface area contributed by atoms with Gasteiger partial charge in [0.15, 0.2) is 16.3 Å². The van der Waals surface area contributed by atoms with Crippen molar-refractivity contribution in [1.82, 2.24) is 10.2 Å². The predicted octanol–water partition coefficient (Wildman–Crippen LogP) is 4.37. The van der Waals surface area contributed by atoms with E-state index in [2.05, 4.69) is 15.5 Å². The van der Waals surface area contributed by atoms with Crippen molar-refractivity contribution in [2.45, 2.75) is 6.92 Å². The number of hydrogen-bond donors (Lipinski definition) is 1. The molecule has 0 unspecified atom stereocenters. The second kappa shape index (κ2) is 6.61. The minimum atomic E-state index is -0.472. The summed E-state index contributed by atoms with van der Waals surface area (Å²) in [5.74, 6) is 0.519.